The molecule has 0 saturated carbocycles. The number of thiophene rings is 1. The molecule has 24 heavy (non-hydrogen) atoms. The first kappa shape index (κ1) is 20.9. The van der Waals surface area contributed by atoms with Gasteiger partial charge in [-0.05, 0) is 37.1 Å². The SMILES string of the molecule is CCNC(=NCc1ccccc1COC)NCc1ccc(C)s1.I. The quantitative estimate of drug-likeness (QED) is 0.373. The largest absolute Gasteiger partial charge is 0.380 e. The molecule has 2 rings (SSSR count). The van der Waals surface area contributed by atoms with E-state index in [2.05, 4.69) is 48.7 Å². The predicted octanol–water partition coefficient (Wildman–Crippen LogP) is 4.08. The van der Waals surface area contributed by atoms with Crippen molar-refractivity contribution in [3.8, 4) is 0 Å². The zero-order valence-corrected chi connectivity index (χ0v) is 17.6. The van der Waals surface area contributed by atoms with Gasteiger partial charge in [0.15, 0.2) is 5.96 Å². The van der Waals surface area contributed by atoms with Crippen molar-refractivity contribution in [2.75, 3.05) is 13.7 Å². The van der Waals surface area contributed by atoms with Crippen LogP contribution in [0.3, 0.4) is 0 Å². The van der Waals surface area contributed by atoms with Crippen molar-refractivity contribution in [1.29, 1.82) is 0 Å². The van der Waals surface area contributed by atoms with E-state index >= 15 is 0 Å². The fraction of sp³-hybridized carbons (Fsp3) is 0.389. The molecule has 0 radical (unpaired) electrons. The standard InChI is InChI=1S/C18H25N3OS.HI/c1-4-19-18(21-12-17-10-9-14(2)23-17)20-11-15-7-5-6-8-16(15)13-22-3;/h5-10H,4,11-13H2,1-3H3,(H2,19,20,21);1H. The normalized spacial score (nSPS) is 11.0. The molecule has 0 saturated heterocycles. The lowest BCUT2D eigenvalue weighted by Gasteiger charge is -2.11. The average molecular weight is 459 g/mol. The molecule has 0 amide bonds. The summed E-state index contributed by atoms with van der Waals surface area (Å²) in [6, 6.07) is 12.6. The minimum atomic E-state index is 0. The summed E-state index contributed by atoms with van der Waals surface area (Å²) in [6.45, 7) is 7.09. The van der Waals surface area contributed by atoms with Gasteiger partial charge >= 0.3 is 0 Å². The van der Waals surface area contributed by atoms with Crippen molar-refractivity contribution >= 4 is 41.3 Å². The number of hydrogen-bond acceptors (Lipinski definition) is 3. The predicted molar refractivity (Wildman–Crippen MR) is 113 cm³/mol. The summed E-state index contributed by atoms with van der Waals surface area (Å²) in [5, 5.41) is 6.68. The third-order valence-electron chi connectivity index (χ3n) is 3.40. The van der Waals surface area contributed by atoms with Crippen LogP contribution in [0.2, 0.25) is 0 Å². The van der Waals surface area contributed by atoms with Gasteiger partial charge in [-0.15, -0.1) is 35.3 Å². The van der Waals surface area contributed by atoms with E-state index in [-0.39, 0.29) is 24.0 Å². The van der Waals surface area contributed by atoms with E-state index in [9.17, 15) is 0 Å². The van der Waals surface area contributed by atoms with E-state index in [1.54, 1.807) is 7.11 Å². The zero-order chi connectivity index (χ0) is 16.5. The minimum absolute atomic E-state index is 0. The fourth-order valence-corrected chi connectivity index (χ4v) is 3.10. The maximum Gasteiger partial charge on any atom is 0.191 e. The second-order valence-electron chi connectivity index (χ2n) is 5.26. The molecule has 0 bridgehead atoms. The van der Waals surface area contributed by atoms with Gasteiger partial charge in [0.2, 0.25) is 0 Å². The molecule has 1 aromatic heterocycles. The summed E-state index contributed by atoms with van der Waals surface area (Å²) < 4.78 is 5.25. The van der Waals surface area contributed by atoms with E-state index in [0.29, 0.717) is 13.2 Å². The van der Waals surface area contributed by atoms with Crippen LogP contribution in [0, 0.1) is 6.92 Å². The van der Waals surface area contributed by atoms with Gasteiger partial charge in [0.1, 0.15) is 0 Å². The van der Waals surface area contributed by atoms with E-state index < -0.39 is 0 Å². The van der Waals surface area contributed by atoms with Crippen LogP contribution >= 0.6 is 35.3 Å². The lowest BCUT2D eigenvalue weighted by molar-refractivity contribution is 0.184. The summed E-state index contributed by atoms with van der Waals surface area (Å²) in [5.74, 6) is 0.839. The van der Waals surface area contributed by atoms with Crippen molar-refractivity contribution in [3.05, 3.63) is 57.3 Å². The van der Waals surface area contributed by atoms with E-state index in [1.807, 2.05) is 23.5 Å². The number of ether oxygens (including phenoxy) is 1. The van der Waals surface area contributed by atoms with Crippen LogP contribution in [0.1, 0.15) is 27.8 Å². The molecule has 1 heterocycles. The smallest absolute Gasteiger partial charge is 0.191 e. The van der Waals surface area contributed by atoms with Gasteiger partial charge in [0.05, 0.1) is 19.7 Å². The molecular formula is C18H26IN3OS. The lowest BCUT2D eigenvalue weighted by Crippen LogP contribution is -2.36. The van der Waals surface area contributed by atoms with Crippen LogP contribution < -0.4 is 10.6 Å². The van der Waals surface area contributed by atoms with Crippen LogP contribution in [0.4, 0.5) is 0 Å². The van der Waals surface area contributed by atoms with Crippen LogP contribution in [0.25, 0.3) is 0 Å². The van der Waals surface area contributed by atoms with E-state index in [4.69, 9.17) is 9.73 Å². The highest BCUT2D eigenvalue weighted by molar-refractivity contribution is 14.0. The Kier molecular flexibility index (Phi) is 9.97. The summed E-state index contributed by atoms with van der Waals surface area (Å²) in [6.07, 6.45) is 0. The molecule has 132 valence electrons. The van der Waals surface area contributed by atoms with Crippen LogP contribution in [-0.4, -0.2) is 19.6 Å². The second-order valence-corrected chi connectivity index (χ2v) is 6.64. The van der Waals surface area contributed by atoms with Gasteiger partial charge in [-0.1, -0.05) is 24.3 Å². The highest BCUT2D eigenvalue weighted by atomic mass is 127. The maximum absolute atomic E-state index is 5.25. The molecule has 2 N–H and O–H groups in total. The van der Waals surface area contributed by atoms with Crippen LogP contribution in [0.5, 0.6) is 0 Å². The molecular weight excluding hydrogens is 433 g/mol. The molecule has 0 spiro atoms. The van der Waals surface area contributed by atoms with Gasteiger partial charge in [-0.3, -0.25) is 0 Å². The van der Waals surface area contributed by atoms with Gasteiger partial charge in [-0.2, -0.15) is 0 Å². The fourth-order valence-electron chi connectivity index (χ4n) is 2.27. The number of halogens is 1. The van der Waals surface area contributed by atoms with Crippen molar-refractivity contribution in [1.82, 2.24) is 10.6 Å². The Hall–Kier alpha value is -1.12. The number of benzene rings is 1. The summed E-state index contributed by atoms with van der Waals surface area (Å²) in [5.41, 5.74) is 2.38. The molecule has 6 heteroatoms. The Morgan fingerprint density at radius 2 is 1.88 bits per heavy atom. The number of methoxy groups -OCH3 is 1. The monoisotopic (exact) mass is 459 g/mol. The summed E-state index contributed by atoms with van der Waals surface area (Å²) in [7, 11) is 1.72. The van der Waals surface area contributed by atoms with E-state index in [1.165, 1.54) is 20.9 Å². The number of nitrogens with one attached hydrogen (secondary N) is 2. The number of guanidine groups is 1. The summed E-state index contributed by atoms with van der Waals surface area (Å²) in [4.78, 5) is 7.34. The molecule has 0 aliphatic carbocycles. The molecule has 1 aromatic carbocycles. The molecule has 0 atom stereocenters. The molecule has 0 fully saturated rings. The molecule has 4 nitrogen and oxygen atoms in total. The first-order valence-corrected chi connectivity index (χ1v) is 8.67. The van der Waals surface area contributed by atoms with Crippen molar-refractivity contribution in [2.24, 2.45) is 4.99 Å². The van der Waals surface area contributed by atoms with Gasteiger partial charge in [0, 0.05) is 23.4 Å². The third-order valence-corrected chi connectivity index (χ3v) is 4.40. The topological polar surface area (TPSA) is 45.7 Å². The Morgan fingerprint density at radius 1 is 1.12 bits per heavy atom. The van der Waals surface area contributed by atoms with Crippen LogP contribution in [-0.2, 0) is 24.4 Å². The number of nitrogens with zero attached hydrogens (tertiary/aromatic N) is 1. The first-order valence-electron chi connectivity index (χ1n) is 7.86. The van der Waals surface area contributed by atoms with Gasteiger partial charge in [-0.25, -0.2) is 4.99 Å². The Labute approximate surface area is 165 Å². The highest BCUT2D eigenvalue weighted by Gasteiger charge is 2.03. The van der Waals surface area contributed by atoms with Gasteiger partial charge < -0.3 is 15.4 Å². The van der Waals surface area contributed by atoms with Crippen LogP contribution in [0.15, 0.2) is 41.4 Å². The zero-order valence-electron chi connectivity index (χ0n) is 14.5. The van der Waals surface area contributed by atoms with E-state index in [0.717, 1.165) is 19.0 Å². The Balaban J connectivity index is 0.00000288. The highest BCUT2D eigenvalue weighted by Crippen LogP contribution is 2.14. The number of hydrogen-bond donors (Lipinski definition) is 2. The third kappa shape index (κ3) is 6.78. The average Bonchev–Trinajstić information content (AvgIpc) is 2.97. The molecule has 2 aromatic rings. The first-order chi connectivity index (χ1) is 11.2. The molecule has 0 aliphatic rings. The van der Waals surface area contributed by atoms with Crippen molar-refractivity contribution < 1.29 is 4.74 Å². The molecule has 0 unspecified atom stereocenters. The maximum atomic E-state index is 5.25. The number of aliphatic imine (C=N–C) groups is 1. The van der Waals surface area contributed by atoms with Crippen molar-refractivity contribution in [2.45, 2.75) is 33.5 Å². The minimum Gasteiger partial charge on any atom is -0.380 e. The summed E-state index contributed by atoms with van der Waals surface area (Å²) >= 11 is 1.81. The Bertz CT molecular complexity index is 643. The lowest BCUT2D eigenvalue weighted by atomic mass is 10.1. The molecule has 0 aliphatic heterocycles. The second kappa shape index (κ2) is 11.4. The number of aryl methyl sites for hydroxylation is 1. The Morgan fingerprint density at radius 3 is 2.50 bits per heavy atom. The van der Waals surface area contributed by atoms with Crippen molar-refractivity contribution in [3.63, 3.8) is 0 Å². The van der Waals surface area contributed by atoms with Gasteiger partial charge in [0.25, 0.3) is 0 Å². The number of rotatable bonds is 7.